The molecule has 0 bridgehead atoms. The van der Waals surface area contributed by atoms with E-state index in [0.29, 0.717) is 31.1 Å². The lowest BCUT2D eigenvalue weighted by molar-refractivity contribution is -0.113. The second-order valence-corrected chi connectivity index (χ2v) is 13.4. The van der Waals surface area contributed by atoms with Gasteiger partial charge in [0.1, 0.15) is 6.67 Å². The molecule has 0 unspecified atom stereocenters. The number of likely N-dealkylation sites (tertiary alicyclic amines) is 1. The van der Waals surface area contributed by atoms with Crippen LogP contribution in [0.5, 0.6) is 0 Å². The second kappa shape index (κ2) is 11.7. The minimum Gasteiger partial charge on any atom is -0.393 e. The largest absolute Gasteiger partial charge is 0.393 e. The zero-order valence-corrected chi connectivity index (χ0v) is 24.8. The normalized spacial score (nSPS) is 21.8. The number of benzene rings is 1. The van der Waals surface area contributed by atoms with E-state index in [9.17, 15) is 9.90 Å². The monoisotopic (exact) mass is 553 g/mol. The number of rotatable bonds is 8. The Balaban J connectivity index is 1.17. The van der Waals surface area contributed by atoms with E-state index in [2.05, 4.69) is 66.0 Å². The van der Waals surface area contributed by atoms with Gasteiger partial charge in [-0.05, 0) is 79.5 Å². The number of carbonyl (C=O) groups is 1. The van der Waals surface area contributed by atoms with E-state index < -0.39 is 0 Å². The first-order chi connectivity index (χ1) is 19.7. The Labute approximate surface area is 243 Å². The van der Waals surface area contributed by atoms with Crippen molar-refractivity contribution in [3.05, 3.63) is 58.4 Å². The molecule has 2 atom stereocenters. The number of ketones is 1. The van der Waals surface area contributed by atoms with Crippen LogP contribution in [-0.2, 0) is 24.1 Å². The van der Waals surface area contributed by atoms with E-state index in [4.69, 9.17) is 9.98 Å². The van der Waals surface area contributed by atoms with Crippen molar-refractivity contribution in [1.82, 2.24) is 9.88 Å². The highest BCUT2D eigenvalue weighted by Crippen LogP contribution is 2.39. The summed E-state index contributed by atoms with van der Waals surface area (Å²) in [6.07, 6.45) is 8.39. The molecule has 0 saturated carbocycles. The van der Waals surface area contributed by atoms with Gasteiger partial charge >= 0.3 is 0 Å². The summed E-state index contributed by atoms with van der Waals surface area (Å²) in [6.45, 7) is 10.2. The zero-order chi connectivity index (χ0) is 28.6. The van der Waals surface area contributed by atoms with E-state index in [1.807, 2.05) is 6.21 Å². The summed E-state index contributed by atoms with van der Waals surface area (Å²) in [5, 5.41) is 9.92. The molecule has 1 aromatic heterocycles. The maximum Gasteiger partial charge on any atom is 0.178 e. The number of fused-ring (bicyclic) bond motifs is 2. The molecule has 7 nitrogen and oxygen atoms in total. The zero-order valence-electron chi connectivity index (χ0n) is 24.8. The molecule has 4 aliphatic rings. The van der Waals surface area contributed by atoms with Crippen LogP contribution in [0, 0.1) is 11.3 Å². The number of pyridine rings is 1. The average molecular weight is 554 g/mol. The predicted molar refractivity (Wildman–Crippen MR) is 165 cm³/mol. The maximum atomic E-state index is 13.7. The van der Waals surface area contributed by atoms with Crippen LogP contribution in [0.25, 0.3) is 0 Å². The quantitative estimate of drug-likeness (QED) is 0.482. The van der Waals surface area contributed by atoms with E-state index in [-0.39, 0.29) is 23.2 Å². The number of nitrogens with zero attached hydrogens (tertiary/aromatic N) is 5. The van der Waals surface area contributed by atoms with Crippen molar-refractivity contribution in [1.29, 1.82) is 0 Å². The number of Topliss-reactive ketones (excluding diaryl/α,β-unsaturated/α-hetero) is 1. The Kier molecular flexibility index (Phi) is 8.01. The Morgan fingerprint density at radius 1 is 1.10 bits per heavy atom. The molecule has 1 aromatic carbocycles. The first kappa shape index (κ1) is 28.1. The van der Waals surface area contributed by atoms with Crippen LogP contribution in [-0.4, -0.2) is 70.8 Å². The van der Waals surface area contributed by atoms with Crippen molar-refractivity contribution in [3.63, 3.8) is 0 Å². The van der Waals surface area contributed by atoms with Crippen LogP contribution < -0.4 is 0 Å². The lowest BCUT2D eigenvalue weighted by Gasteiger charge is -2.34. The van der Waals surface area contributed by atoms with Gasteiger partial charge in [0.25, 0.3) is 0 Å². The lowest BCUT2D eigenvalue weighted by atomic mass is 9.71. The molecule has 3 aliphatic heterocycles. The molecule has 7 heteroatoms. The first-order valence-corrected chi connectivity index (χ1v) is 15.4. The minimum atomic E-state index is -0.182. The molecule has 216 valence electrons. The minimum absolute atomic E-state index is 0.0997. The van der Waals surface area contributed by atoms with Crippen molar-refractivity contribution in [2.75, 3.05) is 26.3 Å². The third-order valence-corrected chi connectivity index (χ3v) is 9.58. The summed E-state index contributed by atoms with van der Waals surface area (Å²) in [5.74, 6) is 0.872. The molecular weight excluding hydrogens is 510 g/mol. The van der Waals surface area contributed by atoms with Crippen LogP contribution in [0.4, 0.5) is 5.69 Å². The Bertz CT molecular complexity index is 1380. The summed E-state index contributed by atoms with van der Waals surface area (Å²) in [6, 6.07) is 10.7. The van der Waals surface area contributed by atoms with Crippen molar-refractivity contribution in [2.45, 2.75) is 84.2 Å². The number of aromatic nitrogens is 1. The van der Waals surface area contributed by atoms with Crippen molar-refractivity contribution >= 4 is 29.1 Å². The highest BCUT2D eigenvalue weighted by molar-refractivity contribution is 6.42. The summed E-state index contributed by atoms with van der Waals surface area (Å²) >= 11 is 0. The topological polar surface area (TPSA) is 90.5 Å². The van der Waals surface area contributed by atoms with E-state index in [1.54, 1.807) is 0 Å². The summed E-state index contributed by atoms with van der Waals surface area (Å²) in [4.78, 5) is 34.7. The highest BCUT2D eigenvalue weighted by atomic mass is 16.3. The van der Waals surface area contributed by atoms with Gasteiger partial charge in [-0.3, -0.25) is 19.8 Å². The van der Waals surface area contributed by atoms with Crippen molar-refractivity contribution in [2.24, 2.45) is 26.3 Å². The van der Waals surface area contributed by atoms with Crippen LogP contribution in [0.1, 0.15) is 86.9 Å². The first-order valence-electron chi connectivity index (χ1n) is 15.4. The fraction of sp³-hybridized carbons (Fsp3) is 0.559. The van der Waals surface area contributed by atoms with Crippen LogP contribution in [0.15, 0.2) is 45.3 Å². The highest BCUT2D eigenvalue weighted by Gasteiger charge is 2.32. The predicted octanol–water partition coefficient (Wildman–Crippen LogP) is 5.28. The number of aliphatic imine (C=N–C) groups is 3. The summed E-state index contributed by atoms with van der Waals surface area (Å²) < 4.78 is 0. The standard InChI is InChI=1S/C34H43N5O2/c1-34(2,3)26-8-9-28-25(16-26)17-29-30(37-28)19-31(38-29)33(41)18-24(10-13-39-14-11-27(40)12-15-39)22-4-6-23(7-5-22)32-20-35-21-36-32/h4-7,17,20,24,26-27,40H,8-16,18-19,21H2,1-3H3/t24-,26-/m0/s1. The molecule has 0 radical (unpaired) electrons. The van der Waals surface area contributed by atoms with Gasteiger partial charge in [-0.2, -0.15) is 0 Å². The Hall–Kier alpha value is -3.03. The fourth-order valence-electron chi connectivity index (χ4n) is 6.75. The summed E-state index contributed by atoms with van der Waals surface area (Å²) in [7, 11) is 0. The molecule has 0 spiro atoms. The molecule has 1 fully saturated rings. The maximum absolute atomic E-state index is 13.7. The van der Waals surface area contributed by atoms with E-state index >= 15 is 0 Å². The van der Waals surface area contributed by atoms with Gasteiger partial charge in [-0.15, -0.1) is 0 Å². The van der Waals surface area contributed by atoms with Crippen molar-refractivity contribution < 1.29 is 9.90 Å². The molecule has 1 saturated heterocycles. The third kappa shape index (κ3) is 6.41. The molecule has 41 heavy (non-hydrogen) atoms. The molecule has 0 amide bonds. The Morgan fingerprint density at radius 3 is 2.59 bits per heavy atom. The molecule has 1 aliphatic carbocycles. The van der Waals surface area contributed by atoms with Gasteiger partial charge < -0.3 is 10.0 Å². The number of piperidine rings is 1. The fourth-order valence-corrected chi connectivity index (χ4v) is 6.75. The Morgan fingerprint density at radius 2 is 1.88 bits per heavy atom. The molecule has 6 rings (SSSR count). The number of aliphatic hydroxyl groups excluding tert-OH is 1. The number of aryl methyl sites for hydroxylation is 1. The van der Waals surface area contributed by atoms with E-state index in [1.165, 1.54) is 23.2 Å². The van der Waals surface area contributed by atoms with Gasteiger partial charge in [0.05, 0.1) is 28.9 Å². The third-order valence-electron chi connectivity index (χ3n) is 9.58. The number of aliphatic hydroxyl groups is 1. The number of hydrogen-bond acceptors (Lipinski definition) is 7. The van der Waals surface area contributed by atoms with Gasteiger partial charge in [0.15, 0.2) is 5.78 Å². The molecule has 4 heterocycles. The van der Waals surface area contributed by atoms with Gasteiger partial charge in [-0.25, -0.2) is 4.99 Å². The van der Waals surface area contributed by atoms with Gasteiger partial charge in [0.2, 0.25) is 0 Å². The van der Waals surface area contributed by atoms with Gasteiger partial charge in [0, 0.05) is 43.4 Å². The second-order valence-electron chi connectivity index (χ2n) is 13.4. The molecule has 1 N–H and O–H groups in total. The smallest absolute Gasteiger partial charge is 0.178 e. The molecule has 2 aromatic rings. The van der Waals surface area contributed by atoms with E-state index in [0.717, 1.165) is 74.4 Å². The van der Waals surface area contributed by atoms with Gasteiger partial charge in [-0.1, -0.05) is 45.0 Å². The number of carbonyl (C=O) groups excluding carboxylic acids is 1. The number of hydrogen-bond donors (Lipinski definition) is 1. The van der Waals surface area contributed by atoms with Crippen molar-refractivity contribution in [3.8, 4) is 0 Å². The molecular formula is C34H43N5O2. The van der Waals surface area contributed by atoms with Crippen LogP contribution >= 0.6 is 0 Å². The average Bonchev–Trinajstić information content (AvgIpc) is 3.64. The van der Waals surface area contributed by atoms with Crippen LogP contribution in [0.3, 0.4) is 0 Å². The van der Waals surface area contributed by atoms with Crippen LogP contribution in [0.2, 0.25) is 0 Å². The SMILES string of the molecule is CC(C)(C)[C@H]1CCc2nc3c(cc2C1)N=C(C(=O)C[C@H](CCN1CCC(O)CC1)c1ccc(C2=NCN=C2)cc1)C3. The lowest BCUT2D eigenvalue weighted by Crippen LogP contribution is -2.37. The summed E-state index contributed by atoms with van der Waals surface area (Å²) in [5.41, 5.74) is 8.46.